The van der Waals surface area contributed by atoms with Gasteiger partial charge in [-0.1, -0.05) is 0 Å². The molecule has 3 aromatic rings. The minimum absolute atomic E-state index is 0.000282. The molecule has 0 saturated carbocycles. The molecule has 524 valence electrons. The number of sulfonamides is 1. The second-order valence-electron chi connectivity index (χ2n) is 22.8. The molecule has 2 aliphatic heterocycles. The zero-order valence-electron chi connectivity index (χ0n) is 53.1. The van der Waals surface area contributed by atoms with Gasteiger partial charge in [0.2, 0.25) is 33.7 Å². The highest BCUT2D eigenvalue weighted by Gasteiger charge is 2.31. The Balaban J connectivity index is 1.06. The Kier molecular flexibility index (Phi) is 31.4. The van der Waals surface area contributed by atoms with Crippen molar-refractivity contribution in [2.24, 2.45) is 10.9 Å². The number of aromatic nitrogens is 2. The molecule has 3 heterocycles. The summed E-state index contributed by atoms with van der Waals surface area (Å²) < 4.78 is 37.2. The van der Waals surface area contributed by atoms with Crippen LogP contribution in [0, 0.1) is 19.8 Å². The molecular formula is C59H87N15O20S. The molecule has 1 saturated heterocycles. The van der Waals surface area contributed by atoms with Crippen LogP contribution in [0.15, 0.2) is 46.4 Å². The van der Waals surface area contributed by atoms with Crippen LogP contribution in [0.1, 0.15) is 72.9 Å². The van der Waals surface area contributed by atoms with E-state index in [0.717, 1.165) is 37.4 Å². The molecule has 14 N–H and O–H groups in total. The molecule has 36 heteroatoms. The molecular weight excluding hydrogens is 1270 g/mol. The number of benzene rings is 2. The third kappa shape index (κ3) is 27.8. The predicted octanol–water partition coefficient (Wildman–Crippen LogP) is -3.04. The second kappa shape index (κ2) is 38.9. The summed E-state index contributed by atoms with van der Waals surface area (Å²) in [7, 11) is -4.49. The smallest absolute Gasteiger partial charge is 0.323 e. The summed E-state index contributed by atoms with van der Waals surface area (Å²) >= 11 is 0. The predicted molar refractivity (Wildman–Crippen MR) is 339 cm³/mol. The Morgan fingerprint density at radius 2 is 1.20 bits per heavy atom. The van der Waals surface area contributed by atoms with Gasteiger partial charge in [-0.25, -0.2) is 8.42 Å². The Hall–Kier alpha value is -9.10. The van der Waals surface area contributed by atoms with Crippen LogP contribution >= 0.6 is 0 Å². The summed E-state index contributed by atoms with van der Waals surface area (Å²) in [6.45, 7) is 4.14. The normalized spacial score (nSPS) is 15.6. The fraction of sp³-hybridized carbons (Fsp3) is 0.576. The molecule has 3 atom stereocenters. The van der Waals surface area contributed by atoms with Crippen molar-refractivity contribution < 1.29 is 96.5 Å². The number of carbonyl (C=O) groups is 11. The van der Waals surface area contributed by atoms with Crippen LogP contribution < -0.4 is 46.7 Å². The van der Waals surface area contributed by atoms with E-state index in [1.54, 1.807) is 48.7 Å². The summed E-state index contributed by atoms with van der Waals surface area (Å²) in [6, 6.07) is 4.55. The second-order valence-corrected chi connectivity index (χ2v) is 24.5. The molecule has 2 aliphatic rings. The van der Waals surface area contributed by atoms with Crippen LogP contribution in [-0.4, -0.2) is 283 Å². The highest BCUT2D eigenvalue weighted by Crippen LogP contribution is 2.27. The molecule has 2 aromatic carbocycles. The monoisotopic (exact) mass is 1360 g/mol. The molecule has 1 unspecified atom stereocenters. The first-order valence-electron chi connectivity index (χ1n) is 31.0. The maximum Gasteiger partial charge on any atom is 0.323 e. The van der Waals surface area contributed by atoms with Gasteiger partial charge in [0.15, 0.2) is 5.96 Å². The van der Waals surface area contributed by atoms with Gasteiger partial charge in [-0.05, 0) is 87.4 Å². The molecule has 5 amide bonds. The number of aliphatic carboxylic acids is 6. The Labute approximate surface area is 547 Å². The van der Waals surface area contributed by atoms with E-state index < -0.39 is 139 Å². The Morgan fingerprint density at radius 1 is 0.621 bits per heavy atom. The third-order valence-electron chi connectivity index (χ3n) is 15.2. The molecule has 95 heavy (non-hydrogen) atoms. The molecule has 1 aromatic heterocycles. The van der Waals surface area contributed by atoms with Gasteiger partial charge in [-0.2, -0.15) is 9.82 Å². The number of aryl methyl sites for hydroxylation is 3. The number of carboxylic acid groups (broad SMARTS) is 6. The maximum absolute atomic E-state index is 13.7. The van der Waals surface area contributed by atoms with Gasteiger partial charge < -0.3 is 72.6 Å². The Morgan fingerprint density at radius 3 is 1.76 bits per heavy atom. The number of fused-ring (bicyclic) bond motifs is 1. The zero-order valence-corrected chi connectivity index (χ0v) is 54.0. The maximum atomic E-state index is 13.7. The molecule has 0 radical (unpaired) electrons. The number of nitrogens with zero attached hydrogens (tertiary/aromatic N) is 7. The van der Waals surface area contributed by atoms with Crippen molar-refractivity contribution >= 4 is 92.2 Å². The fourth-order valence-corrected chi connectivity index (χ4v) is 12.0. The van der Waals surface area contributed by atoms with Crippen molar-refractivity contribution in [1.82, 2.24) is 71.3 Å². The fourth-order valence-electron chi connectivity index (χ4n) is 10.4. The third-order valence-corrected chi connectivity index (χ3v) is 17.0. The van der Waals surface area contributed by atoms with Crippen LogP contribution in [0.4, 0.5) is 0 Å². The number of amides is 5. The van der Waals surface area contributed by atoms with Gasteiger partial charge in [-0.15, -0.1) is 0 Å². The van der Waals surface area contributed by atoms with E-state index in [1.807, 2.05) is 0 Å². The van der Waals surface area contributed by atoms with Crippen LogP contribution in [0.25, 0.3) is 10.9 Å². The summed E-state index contributed by atoms with van der Waals surface area (Å²) in [5.41, 5.74) is 1.42. The number of guanidine groups is 1. The van der Waals surface area contributed by atoms with E-state index >= 15 is 0 Å². The highest BCUT2D eigenvalue weighted by atomic mass is 32.2. The van der Waals surface area contributed by atoms with Gasteiger partial charge >= 0.3 is 35.8 Å². The van der Waals surface area contributed by atoms with E-state index in [9.17, 15) is 91.8 Å². The summed E-state index contributed by atoms with van der Waals surface area (Å²) in [4.78, 5) is 148. The molecule has 0 spiro atoms. The number of rotatable bonds is 38. The lowest BCUT2D eigenvalue weighted by molar-refractivity contribution is -0.140. The number of ether oxygens (including phenoxy) is 1. The summed E-state index contributed by atoms with van der Waals surface area (Å²) in [5, 5.41) is 81.7. The SMILES string of the molecule is Cc1cc(OCCCC(=O)NCCNC(=O)C(CCC(=O)O)NC(=O)[C@H](CCC(=O)O)CNC(=O)CN2CCN(CC(=O)O)CCN(CC(=O)O)CCN(CC(=O)O)CC2)cc(C)c1S(=O)(=O)N[C@@H](CNC(=O)c1ccc2c(cnn2CCCNC2=NCCCN2)c1)C(=O)O. The molecule has 35 nitrogen and oxygen atoms in total. The van der Waals surface area contributed by atoms with Gasteiger partial charge in [0.25, 0.3) is 5.91 Å². The van der Waals surface area contributed by atoms with Gasteiger partial charge in [0.05, 0.1) is 55.3 Å². The number of hydrogen-bond donors (Lipinski definition) is 14. The molecule has 0 bridgehead atoms. The highest BCUT2D eigenvalue weighted by molar-refractivity contribution is 7.89. The van der Waals surface area contributed by atoms with Gasteiger partial charge in [0.1, 0.15) is 17.8 Å². The minimum Gasteiger partial charge on any atom is -0.494 e. The van der Waals surface area contributed by atoms with Crippen LogP contribution in [0.3, 0.4) is 0 Å². The van der Waals surface area contributed by atoms with Crippen molar-refractivity contribution in [3.63, 3.8) is 0 Å². The lowest BCUT2D eigenvalue weighted by Gasteiger charge is -2.33. The van der Waals surface area contributed by atoms with Crippen molar-refractivity contribution in [1.29, 1.82) is 0 Å². The van der Waals surface area contributed by atoms with E-state index in [2.05, 4.69) is 52.0 Å². The van der Waals surface area contributed by atoms with Crippen LogP contribution in [-0.2, 0) is 64.5 Å². The first kappa shape index (κ1) is 76.6. The van der Waals surface area contributed by atoms with E-state index in [1.165, 1.54) is 26.0 Å². The number of carboxylic acids is 6. The Bertz CT molecular complexity index is 3280. The van der Waals surface area contributed by atoms with E-state index in [0.29, 0.717) is 18.5 Å². The number of aliphatic imine (C=N–C) groups is 1. The first-order valence-corrected chi connectivity index (χ1v) is 32.5. The summed E-state index contributed by atoms with van der Waals surface area (Å²) in [6.07, 6.45) is 1.66. The van der Waals surface area contributed by atoms with E-state index in [4.69, 9.17) is 4.74 Å². The molecule has 5 rings (SSSR count). The number of carbonyl (C=O) groups excluding carboxylic acids is 5. The van der Waals surface area contributed by atoms with E-state index in [-0.39, 0.29) is 132 Å². The molecule has 0 aliphatic carbocycles. The van der Waals surface area contributed by atoms with Gasteiger partial charge in [-0.3, -0.25) is 82.0 Å². The quantitative estimate of drug-likeness (QED) is 0.0254. The first-order chi connectivity index (χ1) is 45.1. The van der Waals surface area contributed by atoms with Crippen molar-refractivity contribution in [2.45, 2.75) is 88.7 Å². The van der Waals surface area contributed by atoms with Gasteiger partial charge in [0, 0.05) is 135 Å². The lowest BCUT2D eigenvalue weighted by atomic mass is 10.0. The van der Waals surface area contributed by atoms with Crippen molar-refractivity contribution in [3.8, 4) is 5.75 Å². The summed E-state index contributed by atoms with van der Waals surface area (Å²) in [5.74, 6) is -11.2. The largest absolute Gasteiger partial charge is 0.494 e. The number of hydrogen-bond acceptors (Lipinski definition) is 22. The molecule has 1 fully saturated rings. The standard InChI is InChI=1S/C59H87N15O20S/c1-38-28-43(29-39(2)54(38)95(92,93)69-45(58(90)91)33-66-55(87)40-7-10-46-42(30-40)32-67-74(46)18-5-15-64-59-62-13-4-14-63-59)94-27-3-6-47(75)60-16-17-61-57(89)44(9-12-50(79)80)68-56(88)41(8-11-49(77)78)31-65-48(76)34-70-19-21-71(35-51(81)82)23-25-73(37-53(85)86)26-24-72(22-20-70)36-52(83)84/h7,10,28-30,32,41,44-45,69H,3-6,8-9,11-27,31,33-37H2,1-2H3,(H,60,75)(H,61,89)(H,65,76)(H,66,87)(H,68,88)(H,77,78)(H,79,80)(H,81,82)(H,83,84)(H,85,86)(H,90,91)(H2,62,63,64)/t41-,44?,45+/m1/s1. The average Bonchev–Trinajstić information content (AvgIpc) is 1.64. The topological polar surface area (TPSA) is 492 Å². The average molecular weight is 1360 g/mol. The van der Waals surface area contributed by atoms with Crippen LogP contribution in [0.2, 0.25) is 0 Å². The lowest BCUT2D eigenvalue weighted by Crippen LogP contribution is -2.52. The van der Waals surface area contributed by atoms with Crippen molar-refractivity contribution in [2.75, 3.05) is 131 Å². The minimum atomic E-state index is -4.49. The van der Waals surface area contributed by atoms with Crippen LogP contribution in [0.5, 0.6) is 5.75 Å². The van der Waals surface area contributed by atoms with Crippen molar-refractivity contribution in [3.05, 3.63) is 53.2 Å². The number of nitrogens with one attached hydrogen (secondary N) is 8. The zero-order chi connectivity index (χ0) is 69.6.